The van der Waals surface area contributed by atoms with Crippen LogP contribution in [0.15, 0.2) is 24.5 Å². The molecular formula is C23H19ClF2N8OS. The van der Waals surface area contributed by atoms with Gasteiger partial charge in [-0.1, -0.05) is 22.9 Å². The van der Waals surface area contributed by atoms with E-state index in [1.54, 1.807) is 11.0 Å². The zero-order valence-electron chi connectivity index (χ0n) is 18.7. The van der Waals surface area contributed by atoms with Gasteiger partial charge in [0.1, 0.15) is 23.5 Å². The molecule has 1 atom stereocenters. The van der Waals surface area contributed by atoms with Gasteiger partial charge < -0.3 is 21.3 Å². The highest BCUT2D eigenvalue weighted by atomic mass is 35.5. The van der Waals surface area contributed by atoms with Crippen molar-refractivity contribution >= 4 is 60.9 Å². The minimum absolute atomic E-state index is 0.0253. The van der Waals surface area contributed by atoms with Gasteiger partial charge in [-0.3, -0.25) is 4.79 Å². The molecule has 0 saturated carbocycles. The first kappa shape index (κ1) is 24.1. The quantitative estimate of drug-likeness (QED) is 0.411. The summed E-state index contributed by atoms with van der Waals surface area (Å²) >= 11 is 7.56. The lowest BCUT2D eigenvalue weighted by atomic mass is 10.0. The van der Waals surface area contributed by atoms with Gasteiger partial charge in [-0.15, -0.1) is 0 Å². The first-order chi connectivity index (χ1) is 17.3. The number of nitrogen functional groups attached to an aromatic ring is 1. The number of fused-ring (bicyclic) bond motifs is 2. The fourth-order valence-electron chi connectivity index (χ4n) is 4.58. The topological polar surface area (TPSA) is 138 Å². The molecule has 1 fully saturated rings. The molecule has 1 saturated heterocycles. The molecule has 0 aliphatic carbocycles. The van der Waals surface area contributed by atoms with Crippen LogP contribution in [-0.4, -0.2) is 58.0 Å². The number of anilines is 2. The second-order valence-corrected chi connectivity index (χ2v) is 9.66. The van der Waals surface area contributed by atoms with Crippen LogP contribution in [0.3, 0.4) is 0 Å². The van der Waals surface area contributed by atoms with E-state index < -0.39 is 17.7 Å². The van der Waals surface area contributed by atoms with Crippen molar-refractivity contribution in [2.45, 2.75) is 12.5 Å². The van der Waals surface area contributed by atoms with Crippen LogP contribution >= 0.6 is 22.9 Å². The molecule has 1 aliphatic heterocycles. The van der Waals surface area contributed by atoms with Gasteiger partial charge in [0.2, 0.25) is 5.91 Å². The van der Waals surface area contributed by atoms with Crippen molar-refractivity contribution in [1.29, 1.82) is 5.26 Å². The summed E-state index contributed by atoms with van der Waals surface area (Å²) in [4.78, 5) is 28.4. The number of aromatic nitrogens is 3. The summed E-state index contributed by atoms with van der Waals surface area (Å²) in [7, 11) is 0. The summed E-state index contributed by atoms with van der Waals surface area (Å²) in [6.07, 6.45) is 1.36. The Morgan fingerprint density at radius 1 is 1.28 bits per heavy atom. The second kappa shape index (κ2) is 9.42. The van der Waals surface area contributed by atoms with Crippen LogP contribution in [0.5, 0.6) is 0 Å². The van der Waals surface area contributed by atoms with Gasteiger partial charge in [0.05, 0.1) is 40.3 Å². The van der Waals surface area contributed by atoms with Crippen molar-refractivity contribution in [3.05, 3.63) is 41.2 Å². The van der Waals surface area contributed by atoms with E-state index in [0.717, 1.165) is 11.3 Å². The number of hydrogen-bond donors (Lipinski definition) is 2. The van der Waals surface area contributed by atoms with E-state index >= 15 is 4.39 Å². The van der Waals surface area contributed by atoms with Crippen molar-refractivity contribution in [3.63, 3.8) is 0 Å². The third-order valence-corrected chi connectivity index (χ3v) is 7.38. The number of nitrogens with zero attached hydrogens (tertiary/aromatic N) is 6. The van der Waals surface area contributed by atoms with Gasteiger partial charge in [-0.25, -0.2) is 23.7 Å². The number of piperazine rings is 1. The van der Waals surface area contributed by atoms with Gasteiger partial charge in [0, 0.05) is 36.1 Å². The SMILES string of the molecule is N#CCC1CN(c2ncnc3c(F)c(-c4ccc(F)c5sc(N)nc45)c(Cl)cc23)CCN1C(=O)CN. The Kier molecular flexibility index (Phi) is 6.29. The minimum atomic E-state index is -0.703. The number of amides is 1. The summed E-state index contributed by atoms with van der Waals surface area (Å²) < 4.78 is 30.5. The Morgan fingerprint density at radius 3 is 2.83 bits per heavy atom. The molecule has 2 aromatic carbocycles. The van der Waals surface area contributed by atoms with E-state index in [1.165, 1.54) is 18.5 Å². The van der Waals surface area contributed by atoms with Crippen molar-refractivity contribution in [1.82, 2.24) is 19.9 Å². The van der Waals surface area contributed by atoms with Crippen LogP contribution in [-0.2, 0) is 4.79 Å². The Labute approximate surface area is 212 Å². The van der Waals surface area contributed by atoms with E-state index in [-0.39, 0.29) is 50.3 Å². The molecule has 1 aliphatic rings. The van der Waals surface area contributed by atoms with Crippen LogP contribution in [0.2, 0.25) is 5.02 Å². The van der Waals surface area contributed by atoms with Crippen LogP contribution in [0, 0.1) is 23.0 Å². The maximum absolute atomic E-state index is 16.0. The minimum Gasteiger partial charge on any atom is -0.375 e. The standard InChI is InChI=1S/C23H19ClF2N8OS/c24-14-7-13-19(18(26)17(14)12-1-2-15(25)21-20(12)32-23(29)36-21)30-10-31-22(13)33-5-6-34(16(35)8-28)11(9-33)3-4-27/h1-2,7,10-11H,3,5-6,8-9,28H2,(H2,29,32). The predicted molar refractivity (Wildman–Crippen MR) is 134 cm³/mol. The highest BCUT2D eigenvalue weighted by molar-refractivity contribution is 7.22. The summed E-state index contributed by atoms with van der Waals surface area (Å²) in [6, 6.07) is 5.90. The molecule has 1 unspecified atom stereocenters. The number of benzene rings is 2. The lowest BCUT2D eigenvalue weighted by molar-refractivity contribution is -0.132. The highest BCUT2D eigenvalue weighted by Crippen LogP contribution is 2.42. The van der Waals surface area contributed by atoms with Crippen molar-refractivity contribution in [3.8, 4) is 17.2 Å². The monoisotopic (exact) mass is 528 g/mol. The Bertz CT molecular complexity index is 1560. The highest BCUT2D eigenvalue weighted by Gasteiger charge is 2.32. The number of hydrogen-bond acceptors (Lipinski definition) is 9. The summed E-state index contributed by atoms with van der Waals surface area (Å²) in [5, 5.41) is 9.85. The largest absolute Gasteiger partial charge is 0.375 e. The van der Waals surface area contributed by atoms with E-state index in [9.17, 15) is 14.4 Å². The maximum atomic E-state index is 16.0. The molecule has 1 amide bonds. The van der Waals surface area contributed by atoms with Gasteiger partial charge in [0.15, 0.2) is 10.9 Å². The molecule has 0 bridgehead atoms. The van der Waals surface area contributed by atoms with E-state index in [0.29, 0.717) is 36.4 Å². The fraction of sp³-hybridized carbons (Fsp3) is 0.261. The molecule has 2 aromatic heterocycles. The molecule has 0 radical (unpaired) electrons. The van der Waals surface area contributed by atoms with Crippen LogP contribution in [0.4, 0.5) is 19.7 Å². The normalized spacial score (nSPS) is 16.0. The average Bonchev–Trinajstić information content (AvgIpc) is 3.27. The summed E-state index contributed by atoms with van der Waals surface area (Å²) in [6.45, 7) is 0.894. The van der Waals surface area contributed by atoms with Gasteiger partial charge in [-0.05, 0) is 18.2 Å². The number of carbonyl (C=O) groups is 1. The summed E-state index contributed by atoms with van der Waals surface area (Å²) in [5.41, 5.74) is 11.9. The van der Waals surface area contributed by atoms with Crippen LogP contribution in [0.1, 0.15) is 6.42 Å². The molecule has 3 heterocycles. The van der Waals surface area contributed by atoms with Crippen molar-refractivity contribution in [2.75, 3.05) is 36.8 Å². The van der Waals surface area contributed by atoms with Gasteiger partial charge in [0.25, 0.3) is 0 Å². The number of nitriles is 1. The number of thiazole rings is 1. The molecule has 36 heavy (non-hydrogen) atoms. The molecule has 0 spiro atoms. The van der Waals surface area contributed by atoms with E-state index in [2.05, 4.69) is 21.0 Å². The van der Waals surface area contributed by atoms with Crippen molar-refractivity contribution < 1.29 is 13.6 Å². The Morgan fingerprint density at radius 2 is 2.08 bits per heavy atom. The van der Waals surface area contributed by atoms with Crippen LogP contribution < -0.4 is 16.4 Å². The molecule has 13 heteroatoms. The Balaban J connectivity index is 1.61. The molecule has 4 N–H and O–H groups in total. The number of carbonyl (C=O) groups excluding carboxylic acids is 1. The van der Waals surface area contributed by atoms with Crippen LogP contribution in [0.25, 0.3) is 32.2 Å². The Hall–Kier alpha value is -3.66. The molecular weight excluding hydrogens is 510 g/mol. The van der Waals surface area contributed by atoms with E-state index in [4.69, 9.17) is 23.1 Å². The lowest BCUT2D eigenvalue weighted by Crippen LogP contribution is -2.56. The first-order valence-electron chi connectivity index (χ1n) is 10.9. The fourth-order valence-corrected chi connectivity index (χ4v) is 5.64. The third-order valence-electron chi connectivity index (χ3n) is 6.19. The second-order valence-electron chi connectivity index (χ2n) is 8.22. The molecule has 184 valence electrons. The number of rotatable bonds is 4. The average molecular weight is 529 g/mol. The zero-order chi connectivity index (χ0) is 25.6. The zero-order valence-corrected chi connectivity index (χ0v) is 20.3. The number of halogens is 3. The molecule has 4 aromatic rings. The van der Waals surface area contributed by atoms with Gasteiger partial charge >= 0.3 is 0 Å². The maximum Gasteiger partial charge on any atom is 0.236 e. The lowest BCUT2D eigenvalue weighted by Gasteiger charge is -2.41. The predicted octanol–water partition coefficient (Wildman–Crippen LogP) is 3.31. The van der Waals surface area contributed by atoms with E-state index in [1.807, 2.05) is 4.90 Å². The summed E-state index contributed by atoms with van der Waals surface area (Å²) in [5.74, 6) is -1.03. The van der Waals surface area contributed by atoms with Gasteiger partial charge in [-0.2, -0.15) is 5.26 Å². The van der Waals surface area contributed by atoms with Crippen molar-refractivity contribution in [2.24, 2.45) is 5.73 Å². The number of nitrogens with two attached hydrogens (primary N) is 2. The molecule has 5 rings (SSSR count). The first-order valence-corrected chi connectivity index (χ1v) is 12.1. The molecule has 9 nitrogen and oxygen atoms in total. The third kappa shape index (κ3) is 3.95. The smallest absolute Gasteiger partial charge is 0.236 e.